The van der Waals surface area contributed by atoms with E-state index in [1.54, 1.807) is 0 Å². The minimum absolute atomic E-state index is 0.0199. The van der Waals surface area contributed by atoms with Crippen molar-refractivity contribution in [2.45, 2.75) is 122 Å². The summed E-state index contributed by atoms with van der Waals surface area (Å²) in [6, 6.07) is 0.619. The Labute approximate surface area is 170 Å². The standard InChI is InChI=1S/C23H47NO2Si/c1-23(2,3)27(4,5)26-17-13-11-9-7-6-8-10-12-16-24-22-19-14-15-20(22)21(25)18-19/h19-22,24-25H,6-18H2,1-5H3/t19-,20+,21+,22-/m0/s1. The van der Waals surface area contributed by atoms with E-state index in [4.69, 9.17) is 4.43 Å². The Morgan fingerprint density at radius 2 is 1.52 bits per heavy atom. The molecule has 0 aromatic rings. The zero-order valence-corrected chi connectivity index (χ0v) is 19.9. The highest BCUT2D eigenvalue weighted by Crippen LogP contribution is 2.44. The summed E-state index contributed by atoms with van der Waals surface area (Å²) in [7, 11) is -1.54. The molecule has 2 rings (SSSR count). The molecule has 160 valence electrons. The lowest BCUT2D eigenvalue weighted by Crippen LogP contribution is -2.40. The molecule has 0 aromatic carbocycles. The van der Waals surface area contributed by atoms with Crippen LogP contribution < -0.4 is 5.32 Å². The first kappa shape index (κ1) is 23.4. The molecule has 2 fully saturated rings. The van der Waals surface area contributed by atoms with Crippen LogP contribution >= 0.6 is 0 Å². The number of unbranched alkanes of at least 4 members (excludes halogenated alkanes) is 7. The van der Waals surface area contributed by atoms with E-state index in [1.165, 1.54) is 64.2 Å². The number of aliphatic hydroxyl groups excluding tert-OH is 1. The van der Waals surface area contributed by atoms with E-state index >= 15 is 0 Å². The van der Waals surface area contributed by atoms with Gasteiger partial charge in [-0.3, -0.25) is 0 Å². The molecule has 0 amide bonds. The highest BCUT2D eigenvalue weighted by molar-refractivity contribution is 6.74. The number of hydrogen-bond acceptors (Lipinski definition) is 3. The fraction of sp³-hybridized carbons (Fsp3) is 1.00. The highest BCUT2D eigenvalue weighted by atomic mass is 28.4. The van der Waals surface area contributed by atoms with Gasteiger partial charge in [0.1, 0.15) is 0 Å². The smallest absolute Gasteiger partial charge is 0.191 e. The quantitative estimate of drug-likeness (QED) is 0.301. The average molecular weight is 398 g/mol. The van der Waals surface area contributed by atoms with Gasteiger partial charge in [-0.15, -0.1) is 0 Å². The molecule has 0 heterocycles. The van der Waals surface area contributed by atoms with Gasteiger partial charge in [0.05, 0.1) is 6.10 Å². The summed E-state index contributed by atoms with van der Waals surface area (Å²) < 4.78 is 6.25. The van der Waals surface area contributed by atoms with Crippen LogP contribution in [-0.2, 0) is 4.43 Å². The van der Waals surface area contributed by atoms with E-state index < -0.39 is 8.32 Å². The number of rotatable bonds is 13. The van der Waals surface area contributed by atoms with Crippen molar-refractivity contribution in [3.63, 3.8) is 0 Å². The van der Waals surface area contributed by atoms with Crippen LogP contribution in [0.4, 0.5) is 0 Å². The number of fused-ring (bicyclic) bond motifs is 2. The zero-order valence-electron chi connectivity index (χ0n) is 18.9. The van der Waals surface area contributed by atoms with Gasteiger partial charge in [-0.2, -0.15) is 0 Å². The molecule has 4 heteroatoms. The van der Waals surface area contributed by atoms with Crippen LogP contribution in [0.2, 0.25) is 18.1 Å². The maximum absolute atomic E-state index is 10.00. The summed E-state index contributed by atoms with van der Waals surface area (Å²) in [5, 5.41) is 14.1. The second-order valence-electron chi connectivity index (χ2n) is 10.7. The molecular formula is C23H47NO2Si. The molecular weight excluding hydrogens is 350 g/mol. The maximum atomic E-state index is 10.00. The van der Waals surface area contributed by atoms with Crippen molar-refractivity contribution in [3.05, 3.63) is 0 Å². The summed E-state index contributed by atoms with van der Waals surface area (Å²) >= 11 is 0. The fourth-order valence-electron chi connectivity index (χ4n) is 4.71. The van der Waals surface area contributed by atoms with Crippen LogP contribution in [0.5, 0.6) is 0 Å². The van der Waals surface area contributed by atoms with Gasteiger partial charge >= 0.3 is 0 Å². The summed E-state index contributed by atoms with van der Waals surface area (Å²) in [5.74, 6) is 1.31. The Morgan fingerprint density at radius 1 is 0.926 bits per heavy atom. The Kier molecular flexibility index (Phi) is 9.31. The van der Waals surface area contributed by atoms with Gasteiger partial charge in [0.25, 0.3) is 0 Å². The normalized spacial score (nSPS) is 28.2. The van der Waals surface area contributed by atoms with Crippen molar-refractivity contribution in [1.29, 1.82) is 0 Å². The third-order valence-electron chi connectivity index (χ3n) is 7.60. The van der Waals surface area contributed by atoms with E-state index in [0.29, 0.717) is 17.0 Å². The Balaban J connectivity index is 1.35. The summed E-state index contributed by atoms with van der Waals surface area (Å²) in [4.78, 5) is 0. The van der Waals surface area contributed by atoms with Gasteiger partial charge in [-0.05, 0) is 62.7 Å². The van der Waals surface area contributed by atoms with E-state index in [2.05, 4.69) is 39.2 Å². The molecule has 0 saturated heterocycles. The zero-order chi connectivity index (χ0) is 19.9. The third kappa shape index (κ3) is 7.13. The van der Waals surface area contributed by atoms with Crippen LogP contribution in [0.3, 0.4) is 0 Å². The summed E-state index contributed by atoms with van der Waals surface area (Å²) in [6.45, 7) is 13.8. The monoisotopic (exact) mass is 397 g/mol. The predicted molar refractivity (Wildman–Crippen MR) is 119 cm³/mol. The predicted octanol–water partition coefficient (Wildman–Crippen LogP) is 5.88. The lowest BCUT2D eigenvalue weighted by molar-refractivity contribution is 0.110. The summed E-state index contributed by atoms with van der Waals surface area (Å²) in [6.07, 6.45) is 14.3. The lowest BCUT2D eigenvalue weighted by Gasteiger charge is -2.36. The van der Waals surface area contributed by atoms with Crippen molar-refractivity contribution in [1.82, 2.24) is 5.32 Å². The Morgan fingerprint density at radius 3 is 2.04 bits per heavy atom. The van der Waals surface area contributed by atoms with E-state index in [9.17, 15) is 5.11 Å². The molecule has 0 aliphatic heterocycles. The minimum Gasteiger partial charge on any atom is -0.417 e. The van der Waals surface area contributed by atoms with Crippen LogP contribution in [0.1, 0.15) is 91.4 Å². The maximum Gasteiger partial charge on any atom is 0.191 e. The average Bonchev–Trinajstić information content (AvgIpc) is 3.10. The van der Waals surface area contributed by atoms with Crippen LogP contribution in [0, 0.1) is 11.8 Å². The van der Waals surface area contributed by atoms with E-state index in [0.717, 1.165) is 25.5 Å². The number of aliphatic hydroxyl groups is 1. The van der Waals surface area contributed by atoms with Crippen LogP contribution in [0.15, 0.2) is 0 Å². The third-order valence-corrected chi connectivity index (χ3v) is 12.1. The minimum atomic E-state index is -1.54. The molecule has 2 aliphatic rings. The van der Waals surface area contributed by atoms with Crippen LogP contribution in [0.25, 0.3) is 0 Å². The first-order chi connectivity index (χ1) is 12.7. The molecule has 2 bridgehead atoms. The molecule has 0 spiro atoms. The highest BCUT2D eigenvalue weighted by Gasteiger charge is 2.46. The van der Waals surface area contributed by atoms with Gasteiger partial charge in [-0.1, -0.05) is 59.3 Å². The Bertz CT molecular complexity index is 421. The van der Waals surface area contributed by atoms with Gasteiger partial charge in [-0.25, -0.2) is 0 Å². The SMILES string of the molecule is CC(C)(C)[Si](C)(C)OCCCCCCCCCCN[C@H]1[C@H]2CC[C@@H]1[C@H](O)C2. The van der Waals surface area contributed by atoms with Crippen molar-refractivity contribution in [2.24, 2.45) is 11.8 Å². The molecule has 0 radical (unpaired) electrons. The first-order valence-corrected chi connectivity index (χ1v) is 14.7. The van der Waals surface area contributed by atoms with Crippen molar-refractivity contribution < 1.29 is 9.53 Å². The molecule has 2 aliphatic carbocycles. The largest absolute Gasteiger partial charge is 0.417 e. The lowest BCUT2D eigenvalue weighted by atomic mass is 9.98. The molecule has 2 saturated carbocycles. The van der Waals surface area contributed by atoms with Crippen molar-refractivity contribution >= 4 is 8.32 Å². The Hall–Kier alpha value is 0.0969. The molecule has 0 unspecified atom stereocenters. The van der Waals surface area contributed by atoms with Crippen molar-refractivity contribution in [3.8, 4) is 0 Å². The van der Waals surface area contributed by atoms with Gasteiger partial charge in [0.2, 0.25) is 0 Å². The van der Waals surface area contributed by atoms with E-state index in [-0.39, 0.29) is 6.10 Å². The second-order valence-corrected chi connectivity index (χ2v) is 15.5. The topological polar surface area (TPSA) is 41.5 Å². The van der Waals surface area contributed by atoms with Crippen molar-refractivity contribution in [2.75, 3.05) is 13.2 Å². The molecule has 2 N–H and O–H groups in total. The number of nitrogens with one attached hydrogen (secondary N) is 1. The summed E-state index contributed by atoms with van der Waals surface area (Å²) in [5.41, 5.74) is 0. The first-order valence-electron chi connectivity index (χ1n) is 11.8. The van der Waals surface area contributed by atoms with Gasteiger partial charge in [0, 0.05) is 18.6 Å². The molecule has 0 aromatic heterocycles. The fourth-order valence-corrected chi connectivity index (χ4v) is 5.80. The van der Waals surface area contributed by atoms with Gasteiger partial charge < -0.3 is 14.8 Å². The van der Waals surface area contributed by atoms with E-state index in [1.807, 2.05) is 0 Å². The number of hydrogen-bond donors (Lipinski definition) is 2. The van der Waals surface area contributed by atoms with Gasteiger partial charge in [0.15, 0.2) is 8.32 Å². The molecule has 3 nitrogen and oxygen atoms in total. The molecule has 27 heavy (non-hydrogen) atoms. The second kappa shape index (κ2) is 10.8. The molecule has 4 atom stereocenters. The van der Waals surface area contributed by atoms with Crippen LogP contribution in [-0.4, -0.2) is 38.7 Å².